The van der Waals surface area contributed by atoms with Gasteiger partial charge in [-0.2, -0.15) is 13.8 Å². The fourth-order valence-electron chi connectivity index (χ4n) is 4.87. The average Bonchev–Trinajstić information content (AvgIpc) is 3.38. The van der Waals surface area contributed by atoms with Gasteiger partial charge in [0.1, 0.15) is 5.69 Å². The number of hydrogen-bond donors (Lipinski definition) is 2. The lowest BCUT2D eigenvalue weighted by Crippen LogP contribution is -2.48. The Labute approximate surface area is 216 Å². The number of aromatic nitrogens is 2. The van der Waals surface area contributed by atoms with Gasteiger partial charge >= 0.3 is 5.92 Å². The summed E-state index contributed by atoms with van der Waals surface area (Å²) in [5.41, 5.74) is 2.31. The molecule has 1 aliphatic carbocycles. The van der Waals surface area contributed by atoms with Gasteiger partial charge in [0.25, 0.3) is 11.8 Å². The molecule has 0 unspecified atom stereocenters. The van der Waals surface area contributed by atoms with E-state index in [1.807, 2.05) is 21.0 Å². The van der Waals surface area contributed by atoms with Gasteiger partial charge in [-0.1, -0.05) is 12.8 Å². The van der Waals surface area contributed by atoms with Gasteiger partial charge in [0.15, 0.2) is 5.82 Å². The van der Waals surface area contributed by atoms with E-state index >= 15 is 0 Å². The molecule has 0 atom stereocenters. The van der Waals surface area contributed by atoms with E-state index in [0.717, 1.165) is 49.1 Å². The summed E-state index contributed by atoms with van der Waals surface area (Å²) in [5.74, 6) is -4.37. The highest BCUT2D eigenvalue weighted by atomic mass is 19.3. The number of rotatable bonds is 8. The van der Waals surface area contributed by atoms with E-state index in [-0.39, 0.29) is 23.6 Å². The second kappa shape index (κ2) is 11.0. The van der Waals surface area contributed by atoms with E-state index < -0.39 is 18.4 Å². The van der Waals surface area contributed by atoms with Crippen LogP contribution in [-0.4, -0.2) is 79.4 Å². The molecule has 37 heavy (non-hydrogen) atoms. The smallest absolute Gasteiger partial charge is 0.342 e. The fourth-order valence-corrected chi connectivity index (χ4v) is 4.87. The van der Waals surface area contributed by atoms with Crippen LogP contribution in [-0.2, 0) is 4.79 Å². The minimum absolute atomic E-state index is 0.107. The predicted octanol–water partition coefficient (Wildman–Crippen LogP) is 3.57. The number of nitrogens with zero attached hydrogens (tertiary/aromatic N) is 5. The van der Waals surface area contributed by atoms with Crippen molar-refractivity contribution in [2.45, 2.75) is 51.0 Å². The highest BCUT2D eigenvalue weighted by Crippen LogP contribution is 2.39. The van der Waals surface area contributed by atoms with Crippen molar-refractivity contribution in [3.8, 4) is 0 Å². The maximum absolute atomic E-state index is 14.8. The number of alkyl halides is 2. The first-order valence-electron chi connectivity index (χ1n) is 12.7. The third-order valence-corrected chi connectivity index (χ3v) is 6.94. The van der Waals surface area contributed by atoms with Crippen LogP contribution in [0.5, 0.6) is 0 Å². The summed E-state index contributed by atoms with van der Waals surface area (Å²) in [7, 11) is 5.31. The monoisotopic (exact) mass is 515 g/mol. The second-order valence-electron chi connectivity index (χ2n) is 10.1. The van der Waals surface area contributed by atoms with Gasteiger partial charge in [0, 0.05) is 30.9 Å². The molecule has 0 bridgehead atoms. The van der Waals surface area contributed by atoms with Crippen LogP contribution in [0.15, 0.2) is 24.4 Å². The highest BCUT2D eigenvalue weighted by molar-refractivity contribution is 6.02. The number of carbonyl (C=O) groups is 2. The highest BCUT2D eigenvalue weighted by Gasteiger charge is 2.48. The molecule has 2 amide bonds. The van der Waals surface area contributed by atoms with Gasteiger partial charge in [-0.3, -0.25) is 9.59 Å². The molecule has 2 heterocycles. The van der Waals surface area contributed by atoms with Crippen LogP contribution in [0.1, 0.15) is 48.0 Å². The summed E-state index contributed by atoms with van der Waals surface area (Å²) < 4.78 is 29.6. The van der Waals surface area contributed by atoms with E-state index in [1.165, 1.54) is 13.2 Å². The minimum atomic E-state index is -3.52. The number of amides is 2. The van der Waals surface area contributed by atoms with Gasteiger partial charge in [0.05, 0.1) is 12.7 Å². The van der Waals surface area contributed by atoms with Gasteiger partial charge in [-0.15, -0.1) is 0 Å². The van der Waals surface area contributed by atoms with Crippen molar-refractivity contribution >= 4 is 35.0 Å². The molecule has 2 N–H and O–H groups in total. The Bertz CT molecular complexity index is 1150. The van der Waals surface area contributed by atoms with Crippen LogP contribution in [0.25, 0.3) is 0 Å². The first-order chi connectivity index (χ1) is 17.6. The molecule has 9 nitrogen and oxygen atoms in total. The van der Waals surface area contributed by atoms with E-state index in [1.54, 1.807) is 23.1 Å². The molecule has 0 saturated heterocycles. The van der Waals surface area contributed by atoms with Crippen LogP contribution in [0.2, 0.25) is 0 Å². The number of hydrogen-bond acceptors (Lipinski definition) is 7. The topological polar surface area (TPSA) is 93.7 Å². The van der Waals surface area contributed by atoms with Crippen molar-refractivity contribution in [2.75, 3.05) is 55.9 Å². The zero-order valence-corrected chi connectivity index (χ0v) is 21.9. The van der Waals surface area contributed by atoms with Crippen molar-refractivity contribution in [2.24, 2.45) is 0 Å². The third-order valence-electron chi connectivity index (χ3n) is 6.94. The maximum atomic E-state index is 14.8. The van der Waals surface area contributed by atoms with Crippen LogP contribution >= 0.6 is 0 Å². The molecular formula is C26H35F2N7O2. The molecule has 1 aliphatic heterocycles. The average molecular weight is 516 g/mol. The molecule has 1 aromatic heterocycles. The van der Waals surface area contributed by atoms with Crippen LogP contribution < -0.4 is 20.4 Å². The Hall–Kier alpha value is -3.34. The summed E-state index contributed by atoms with van der Waals surface area (Å²) in [4.78, 5) is 38.5. The van der Waals surface area contributed by atoms with Crippen molar-refractivity contribution in [1.29, 1.82) is 0 Å². The van der Waals surface area contributed by atoms with Gasteiger partial charge in [0.2, 0.25) is 5.95 Å². The molecule has 1 aromatic carbocycles. The van der Waals surface area contributed by atoms with Crippen LogP contribution in [0, 0.1) is 6.92 Å². The number of halogens is 2. The first kappa shape index (κ1) is 26.7. The Morgan fingerprint density at radius 2 is 1.97 bits per heavy atom. The second-order valence-corrected chi connectivity index (χ2v) is 10.1. The predicted molar refractivity (Wildman–Crippen MR) is 140 cm³/mol. The normalized spacial score (nSPS) is 17.6. The van der Waals surface area contributed by atoms with E-state index in [2.05, 4.69) is 25.5 Å². The summed E-state index contributed by atoms with van der Waals surface area (Å²) in [6.45, 7) is 2.64. The Kier molecular flexibility index (Phi) is 7.91. The Balaban J connectivity index is 1.55. The van der Waals surface area contributed by atoms with Gasteiger partial charge < -0.3 is 25.3 Å². The largest absolute Gasteiger partial charge is 0.352 e. The van der Waals surface area contributed by atoms with Crippen molar-refractivity contribution in [3.05, 3.63) is 35.5 Å². The van der Waals surface area contributed by atoms with Crippen LogP contribution in [0.3, 0.4) is 0 Å². The van der Waals surface area contributed by atoms with Gasteiger partial charge in [-0.25, -0.2) is 4.98 Å². The molecule has 1 saturated carbocycles. The summed E-state index contributed by atoms with van der Waals surface area (Å²) in [5, 5.41) is 6.08. The standard InChI is InChI=1S/C26H35F2N7O2/c1-17-14-18(23(36)29-12-7-13-33(2)3)10-11-20(17)31-25-30-15-21-22(32-25)35(19-8-5-6-9-19)16-26(27,28)24(37)34(21)4/h10-11,14-15,19H,5-9,12-13,16H2,1-4H3,(H,29,36)(H,30,31,32). The van der Waals surface area contributed by atoms with Crippen LogP contribution in [0.4, 0.5) is 31.9 Å². The molecule has 4 rings (SSSR count). The Morgan fingerprint density at radius 1 is 1.24 bits per heavy atom. The number of aryl methyl sites for hydroxylation is 1. The van der Waals surface area contributed by atoms with Crippen molar-refractivity contribution in [3.63, 3.8) is 0 Å². The number of carbonyl (C=O) groups excluding carboxylic acids is 2. The number of fused-ring (bicyclic) bond motifs is 1. The summed E-state index contributed by atoms with van der Waals surface area (Å²) >= 11 is 0. The zero-order valence-electron chi connectivity index (χ0n) is 21.9. The minimum Gasteiger partial charge on any atom is -0.352 e. The number of anilines is 4. The quantitative estimate of drug-likeness (QED) is 0.519. The summed E-state index contributed by atoms with van der Waals surface area (Å²) in [6, 6.07) is 5.17. The summed E-state index contributed by atoms with van der Waals surface area (Å²) in [6.07, 6.45) is 5.73. The lowest BCUT2D eigenvalue weighted by Gasteiger charge is -2.31. The maximum Gasteiger partial charge on any atom is 0.342 e. The van der Waals surface area contributed by atoms with Gasteiger partial charge in [-0.05, 0) is 70.6 Å². The molecule has 2 aliphatic rings. The first-order valence-corrected chi connectivity index (χ1v) is 12.7. The lowest BCUT2D eigenvalue weighted by molar-refractivity contribution is -0.140. The lowest BCUT2D eigenvalue weighted by atomic mass is 10.1. The van der Waals surface area contributed by atoms with E-state index in [0.29, 0.717) is 23.6 Å². The number of nitrogens with one attached hydrogen (secondary N) is 2. The molecule has 11 heteroatoms. The molecule has 200 valence electrons. The fraction of sp³-hybridized carbons (Fsp3) is 0.538. The Morgan fingerprint density at radius 3 is 2.65 bits per heavy atom. The molecular weight excluding hydrogens is 480 g/mol. The van der Waals surface area contributed by atoms with E-state index in [9.17, 15) is 18.4 Å². The van der Waals surface area contributed by atoms with Crippen molar-refractivity contribution < 1.29 is 18.4 Å². The molecule has 0 radical (unpaired) electrons. The number of benzene rings is 1. The van der Waals surface area contributed by atoms with E-state index in [4.69, 9.17) is 0 Å². The van der Waals surface area contributed by atoms with Crippen molar-refractivity contribution in [1.82, 2.24) is 20.2 Å². The molecule has 1 fully saturated rings. The molecule has 0 spiro atoms. The molecule has 2 aromatic rings. The third kappa shape index (κ3) is 5.98. The zero-order chi connectivity index (χ0) is 26.7. The SMILES string of the molecule is Cc1cc(C(=O)NCCCN(C)C)ccc1Nc1ncc2c(n1)N(C1CCCC1)CC(F)(F)C(=O)N2C.